The van der Waals surface area contributed by atoms with Gasteiger partial charge in [-0.15, -0.1) is 12.4 Å². The zero-order chi connectivity index (χ0) is 62.9. The van der Waals surface area contributed by atoms with Crippen molar-refractivity contribution in [1.29, 1.82) is 0 Å². The molecule has 4 aliphatic carbocycles. The van der Waals surface area contributed by atoms with Gasteiger partial charge in [0.1, 0.15) is 0 Å². The van der Waals surface area contributed by atoms with Crippen molar-refractivity contribution < 1.29 is 42.9 Å². The number of fused-ring (bicyclic) bond motifs is 12. The minimum atomic E-state index is -0.368. The monoisotopic (exact) mass is 1550 g/mol. The van der Waals surface area contributed by atoms with Gasteiger partial charge in [0.05, 0.1) is 55.8 Å². The van der Waals surface area contributed by atoms with Crippen LogP contribution in [0.25, 0.3) is 43.6 Å². The van der Waals surface area contributed by atoms with E-state index in [2.05, 4.69) is 129 Å². The first kappa shape index (κ1) is 69.1. The average Bonchev–Trinajstić information content (AvgIpc) is 1.76. The largest absolute Gasteiger partial charge is 0.466 e. The van der Waals surface area contributed by atoms with Gasteiger partial charge in [-0.1, -0.05) is 79.6 Å². The smallest absolute Gasteiger partial charge is 0.309 e. The van der Waals surface area contributed by atoms with Gasteiger partial charge in [0.25, 0.3) is 0 Å². The summed E-state index contributed by atoms with van der Waals surface area (Å²) in [6.45, 7) is 8.92. The van der Waals surface area contributed by atoms with Crippen LogP contribution in [0.4, 0.5) is 5.69 Å². The van der Waals surface area contributed by atoms with E-state index < -0.39 is 0 Å². The van der Waals surface area contributed by atoms with Crippen LogP contribution in [0.2, 0.25) is 0 Å². The summed E-state index contributed by atoms with van der Waals surface area (Å²) in [7, 11) is 0. The minimum Gasteiger partial charge on any atom is -0.466 e. The second kappa shape index (κ2) is 31.5. The van der Waals surface area contributed by atoms with E-state index in [4.69, 9.17) is 36.3 Å². The number of hydrogen-bond acceptors (Lipinski definition) is 13. The first-order chi connectivity index (χ1) is 42.3. The number of anilines is 1. The number of hydrazine groups is 1. The molecular weight excluding hydrogens is 1480 g/mol. The van der Waals surface area contributed by atoms with Gasteiger partial charge >= 0.3 is 23.9 Å². The van der Waals surface area contributed by atoms with Gasteiger partial charge in [-0.2, -0.15) is 0 Å². The Balaban J connectivity index is 0.000000146. The lowest BCUT2D eigenvalue weighted by molar-refractivity contribution is -0.149. The Morgan fingerprint density at radius 1 is 0.472 bits per heavy atom. The molecule has 0 radical (unpaired) electrons. The molecule has 17 nitrogen and oxygen atoms in total. The summed E-state index contributed by atoms with van der Waals surface area (Å²) in [6, 6.07) is 31.6. The summed E-state index contributed by atoms with van der Waals surface area (Å²) < 4.78 is 25.6. The van der Waals surface area contributed by atoms with Gasteiger partial charge < -0.3 is 55.8 Å². The molecule has 89 heavy (non-hydrogen) atoms. The summed E-state index contributed by atoms with van der Waals surface area (Å²) in [5.74, 6) is 3.85. The first-order valence-corrected chi connectivity index (χ1v) is 33.4. The number of aromatic amines is 4. The van der Waals surface area contributed by atoms with Crippen molar-refractivity contribution in [3.8, 4) is 0 Å². The first-order valence-electron chi connectivity index (χ1n) is 29.4. The number of hydrogen-bond donors (Lipinski definition) is 8. The third kappa shape index (κ3) is 16.5. The van der Waals surface area contributed by atoms with Crippen molar-refractivity contribution in [1.82, 2.24) is 19.9 Å². The van der Waals surface area contributed by atoms with Crippen molar-refractivity contribution in [2.75, 3.05) is 31.9 Å². The van der Waals surface area contributed by atoms with Crippen LogP contribution in [-0.2, 0) is 70.2 Å². The number of nitrogen functional groups attached to an aromatic ring is 1. The predicted octanol–water partition coefficient (Wildman–Crippen LogP) is 15.1. The lowest BCUT2D eigenvalue weighted by Gasteiger charge is -2.25. The number of rotatable bonds is 9. The molecule has 4 heterocycles. The molecule has 11 N–H and O–H groups in total. The van der Waals surface area contributed by atoms with Crippen LogP contribution in [-0.4, -0.2) is 76.0 Å². The van der Waals surface area contributed by atoms with Crippen molar-refractivity contribution in [3.05, 3.63) is 164 Å². The molecule has 6 unspecified atom stereocenters. The van der Waals surface area contributed by atoms with Crippen LogP contribution in [0.5, 0.6) is 0 Å². The molecule has 472 valence electrons. The molecule has 0 fully saturated rings. The summed E-state index contributed by atoms with van der Waals surface area (Å²) in [6.07, 6.45) is 6.02. The molecule has 5 aromatic carbocycles. The number of H-pyrrole nitrogens is 4. The van der Waals surface area contributed by atoms with Crippen molar-refractivity contribution in [3.63, 3.8) is 0 Å². The van der Waals surface area contributed by atoms with Crippen LogP contribution in [0.3, 0.4) is 0 Å². The van der Waals surface area contributed by atoms with E-state index >= 15 is 0 Å². The second-order valence-electron chi connectivity index (χ2n) is 22.0. The number of aryl methyl sites for hydroxylation is 1. The number of Topliss-reactive ketones (excluding diaryl/α,β-unsaturated/α-hetero) is 1. The van der Waals surface area contributed by atoms with Gasteiger partial charge in [0.15, 0.2) is 5.78 Å². The summed E-state index contributed by atoms with van der Waals surface area (Å²) >= 11 is 17.2. The normalized spacial score (nSPS) is 18.7. The third-order valence-corrected chi connectivity index (χ3v) is 18.7. The van der Waals surface area contributed by atoms with Crippen molar-refractivity contribution in [2.24, 2.45) is 41.0 Å². The van der Waals surface area contributed by atoms with E-state index in [0.29, 0.717) is 64.2 Å². The molecule has 6 atom stereocenters. The van der Waals surface area contributed by atoms with Gasteiger partial charge in [0, 0.05) is 107 Å². The van der Waals surface area contributed by atoms with Crippen LogP contribution >= 0.6 is 92.1 Å². The molecular formula is C66H72Br5ClN8O9. The van der Waals surface area contributed by atoms with Gasteiger partial charge in [0.2, 0.25) is 0 Å². The summed E-state index contributed by atoms with van der Waals surface area (Å²) in [5.41, 5.74) is 28.6. The maximum absolute atomic E-state index is 12.2. The number of ether oxygens (including phenoxy) is 4. The van der Waals surface area contributed by atoms with Gasteiger partial charge in [-0.05, 0) is 198 Å². The van der Waals surface area contributed by atoms with Crippen LogP contribution in [0.15, 0.2) is 119 Å². The predicted molar refractivity (Wildman–Crippen MR) is 369 cm³/mol. The number of esters is 4. The highest BCUT2D eigenvalue weighted by Crippen LogP contribution is 2.40. The van der Waals surface area contributed by atoms with E-state index in [1.807, 2.05) is 93.6 Å². The van der Waals surface area contributed by atoms with Crippen molar-refractivity contribution in [2.45, 2.75) is 97.6 Å². The average molecular weight is 1560 g/mol. The molecule has 0 aliphatic heterocycles. The molecule has 13 rings (SSSR count). The molecule has 0 saturated heterocycles. The van der Waals surface area contributed by atoms with E-state index in [9.17, 15) is 24.0 Å². The molecule has 4 aliphatic rings. The summed E-state index contributed by atoms with van der Waals surface area (Å²) in [5, 5.41) is 4.49. The molecule has 23 heteroatoms. The maximum atomic E-state index is 12.2. The molecule has 0 spiro atoms. The Bertz CT molecular complexity index is 3900. The fourth-order valence-corrected chi connectivity index (χ4v) is 13.8. The number of nitrogens with two attached hydrogens (primary N) is 3. The highest BCUT2D eigenvalue weighted by molar-refractivity contribution is 9.11. The SMILES string of the molecule is CCOC(=O)C1CC(=O)c2[nH]c3ccc(Br)cc3c2C1.CCOC(=O)C1CCc2[nH]c3ccc(Br)cc3c2C1.CCOC(=O)C1Cc2c([nH]c3ccc(Br)cc23)C(N)C1.CCOC(=O)C1Cc2c([nH]c3ccc(Br)cc23)C(N)C1.Cl.NNc1ccc(Br)cc1. The third-order valence-electron chi connectivity index (χ3n) is 16.2. The molecule has 4 aromatic heterocycles. The van der Waals surface area contributed by atoms with Crippen LogP contribution in [0.1, 0.15) is 115 Å². The number of benzene rings is 5. The Hall–Kier alpha value is -5.82. The molecule has 0 amide bonds. The number of carbonyl (C=O) groups is 5. The molecule has 0 bridgehead atoms. The van der Waals surface area contributed by atoms with E-state index in [1.54, 1.807) is 6.92 Å². The van der Waals surface area contributed by atoms with Crippen molar-refractivity contribution >= 4 is 171 Å². The second-order valence-corrected chi connectivity index (χ2v) is 26.5. The van der Waals surface area contributed by atoms with E-state index in [1.165, 1.54) is 16.6 Å². The summed E-state index contributed by atoms with van der Waals surface area (Å²) in [4.78, 5) is 73.3. The standard InChI is InChI=1S/2C15H17BrN2O2.C15H14BrNO3.C15H16BrNO2.C6H7BrN2.ClH/c2*1-2-20-15(19)8-5-11-10-7-9(16)3-4-13(10)18-14(11)12(17)6-8;1-2-20-15(19)8-5-11-10-7-9(16)3-4-12(10)17-14(11)13(18)6-8;1-2-19-15(18)9-3-5-13-11(7-9)12-8-10(16)4-6-14(12)17-13;7-5-1-3-6(9-8)4-2-5;/h2*3-4,7-8,12,18H,2,5-6,17H2,1H3;3-4,7-8,17H,2,5-6H2,1H3;4,6,8-9,17H,2-3,5,7H2,1H3;1-4,9H,8H2;1H. The Labute approximate surface area is 564 Å². The number of carbonyl (C=O) groups excluding carboxylic acids is 5. The Morgan fingerprint density at radius 2 is 0.831 bits per heavy atom. The maximum Gasteiger partial charge on any atom is 0.309 e. The van der Waals surface area contributed by atoms with E-state index in [-0.39, 0.29) is 84.2 Å². The quantitative estimate of drug-likeness (QED) is 0.0289. The highest BCUT2D eigenvalue weighted by Gasteiger charge is 2.36. The highest BCUT2D eigenvalue weighted by atomic mass is 79.9. The van der Waals surface area contributed by atoms with Crippen LogP contribution in [0, 0.1) is 23.7 Å². The Kier molecular flexibility index (Phi) is 24.4. The van der Waals surface area contributed by atoms with Crippen LogP contribution < -0.4 is 22.7 Å². The van der Waals surface area contributed by atoms with Gasteiger partial charge in [-0.25, -0.2) is 0 Å². The number of halogens is 6. The topological polar surface area (TPSA) is 276 Å². The fourth-order valence-electron chi connectivity index (χ4n) is 12.1. The van der Waals surface area contributed by atoms with E-state index in [0.717, 1.165) is 114 Å². The number of aromatic nitrogens is 4. The molecule has 0 saturated carbocycles. The fraction of sp³-hybridized carbons (Fsp3) is 0.348. The molecule has 9 aromatic rings. The van der Waals surface area contributed by atoms with Gasteiger partial charge in [-0.3, -0.25) is 29.8 Å². The Morgan fingerprint density at radius 3 is 1.27 bits per heavy atom. The minimum absolute atomic E-state index is 0. The lowest BCUT2D eigenvalue weighted by Crippen LogP contribution is -2.30. The zero-order valence-corrected chi connectivity index (χ0v) is 58.3. The zero-order valence-electron chi connectivity index (χ0n) is 49.6. The number of nitrogens with one attached hydrogen (secondary N) is 5. The lowest BCUT2D eigenvalue weighted by atomic mass is 9.84. The number of ketones is 1.